The number of nitrogens with zero attached hydrogens (tertiary/aromatic N) is 2. The van der Waals surface area contributed by atoms with Crippen molar-refractivity contribution in [2.24, 2.45) is 0 Å². The zero-order valence-corrected chi connectivity index (χ0v) is 11.0. The number of imidazole rings is 1. The van der Waals surface area contributed by atoms with Crippen LogP contribution in [-0.4, -0.2) is 14.7 Å². The Balaban J connectivity index is 1.71. The molecule has 0 fully saturated rings. The van der Waals surface area contributed by atoms with Crippen LogP contribution in [0.4, 0.5) is 0 Å². The SMILES string of the molecule is CCn1cncc1COc1ccc2c(c1)CC[C@H]2O. The molecule has 0 aliphatic heterocycles. The van der Waals surface area contributed by atoms with Crippen molar-refractivity contribution < 1.29 is 9.84 Å². The van der Waals surface area contributed by atoms with Gasteiger partial charge in [-0.05, 0) is 43.0 Å². The molecule has 1 atom stereocenters. The van der Waals surface area contributed by atoms with Gasteiger partial charge in [-0.1, -0.05) is 6.07 Å². The van der Waals surface area contributed by atoms with E-state index in [0.29, 0.717) is 6.61 Å². The molecule has 1 aromatic heterocycles. The fourth-order valence-corrected chi connectivity index (χ4v) is 2.57. The minimum absolute atomic E-state index is 0.300. The summed E-state index contributed by atoms with van der Waals surface area (Å²) < 4.78 is 7.88. The van der Waals surface area contributed by atoms with Gasteiger partial charge in [0.15, 0.2) is 0 Å². The van der Waals surface area contributed by atoms with Gasteiger partial charge in [0, 0.05) is 6.54 Å². The summed E-state index contributed by atoms with van der Waals surface area (Å²) in [6.45, 7) is 3.51. The summed E-state index contributed by atoms with van der Waals surface area (Å²) in [7, 11) is 0. The molecule has 1 heterocycles. The van der Waals surface area contributed by atoms with Crippen LogP contribution in [0.5, 0.6) is 5.75 Å². The third-order valence-corrected chi connectivity index (χ3v) is 3.69. The van der Waals surface area contributed by atoms with E-state index in [-0.39, 0.29) is 6.10 Å². The van der Waals surface area contributed by atoms with E-state index in [1.807, 2.05) is 30.7 Å². The van der Waals surface area contributed by atoms with Crippen LogP contribution in [0.2, 0.25) is 0 Å². The Hall–Kier alpha value is -1.81. The van der Waals surface area contributed by atoms with E-state index in [9.17, 15) is 5.11 Å². The Morgan fingerprint density at radius 2 is 2.37 bits per heavy atom. The van der Waals surface area contributed by atoms with Gasteiger partial charge in [-0.25, -0.2) is 4.98 Å². The first kappa shape index (κ1) is 12.2. The molecular formula is C15H18N2O2. The van der Waals surface area contributed by atoms with Crippen LogP contribution in [0.15, 0.2) is 30.7 Å². The zero-order chi connectivity index (χ0) is 13.2. The number of hydrogen-bond acceptors (Lipinski definition) is 3. The molecule has 0 unspecified atom stereocenters. The summed E-state index contributed by atoms with van der Waals surface area (Å²) in [4.78, 5) is 4.12. The Morgan fingerprint density at radius 3 is 3.21 bits per heavy atom. The number of ether oxygens (including phenoxy) is 1. The third-order valence-electron chi connectivity index (χ3n) is 3.69. The quantitative estimate of drug-likeness (QED) is 0.916. The number of aliphatic hydroxyl groups excluding tert-OH is 1. The topological polar surface area (TPSA) is 47.3 Å². The smallest absolute Gasteiger partial charge is 0.130 e. The van der Waals surface area contributed by atoms with Gasteiger partial charge in [-0.3, -0.25) is 0 Å². The van der Waals surface area contributed by atoms with Crippen molar-refractivity contribution in [3.63, 3.8) is 0 Å². The molecule has 3 rings (SSSR count). The number of aliphatic hydroxyl groups is 1. The van der Waals surface area contributed by atoms with Crippen molar-refractivity contribution in [1.82, 2.24) is 9.55 Å². The fraction of sp³-hybridized carbons (Fsp3) is 0.400. The molecule has 0 saturated heterocycles. The van der Waals surface area contributed by atoms with Crippen LogP contribution >= 0.6 is 0 Å². The molecular weight excluding hydrogens is 240 g/mol. The normalized spacial score (nSPS) is 17.5. The maximum absolute atomic E-state index is 9.77. The van der Waals surface area contributed by atoms with E-state index in [1.54, 1.807) is 0 Å². The van der Waals surface area contributed by atoms with Gasteiger partial charge in [0.25, 0.3) is 0 Å². The lowest BCUT2D eigenvalue weighted by atomic mass is 10.1. The highest BCUT2D eigenvalue weighted by Crippen LogP contribution is 2.33. The largest absolute Gasteiger partial charge is 0.487 e. The molecule has 1 N–H and O–H groups in total. The second-order valence-electron chi connectivity index (χ2n) is 4.87. The standard InChI is InChI=1S/C15H18N2O2/c1-2-17-10-16-8-12(17)9-19-13-4-5-14-11(7-13)3-6-15(14)18/h4-5,7-8,10,15,18H,2-3,6,9H2,1H3/t15-/m1/s1. The molecule has 4 nitrogen and oxygen atoms in total. The summed E-state index contributed by atoms with van der Waals surface area (Å²) in [5.74, 6) is 0.858. The lowest BCUT2D eigenvalue weighted by Gasteiger charge is -2.10. The maximum atomic E-state index is 9.77. The van der Waals surface area contributed by atoms with Gasteiger partial charge in [-0.2, -0.15) is 0 Å². The maximum Gasteiger partial charge on any atom is 0.130 e. The van der Waals surface area contributed by atoms with E-state index in [0.717, 1.165) is 36.4 Å². The Kier molecular flexibility index (Phi) is 3.25. The zero-order valence-electron chi connectivity index (χ0n) is 11.0. The first-order valence-corrected chi connectivity index (χ1v) is 6.70. The van der Waals surface area contributed by atoms with E-state index in [4.69, 9.17) is 4.74 Å². The summed E-state index contributed by atoms with van der Waals surface area (Å²) in [5.41, 5.74) is 3.32. The number of aromatic nitrogens is 2. The highest BCUT2D eigenvalue weighted by atomic mass is 16.5. The van der Waals surface area contributed by atoms with Crippen molar-refractivity contribution in [3.05, 3.63) is 47.5 Å². The number of rotatable bonds is 4. The highest BCUT2D eigenvalue weighted by Gasteiger charge is 2.20. The van der Waals surface area contributed by atoms with Gasteiger partial charge in [0.1, 0.15) is 12.4 Å². The van der Waals surface area contributed by atoms with Crippen LogP contribution in [0.3, 0.4) is 0 Å². The van der Waals surface area contributed by atoms with Crippen LogP contribution < -0.4 is 4.74 Å². The summed E-state index contributed by atoms with van der Waals surface area (Å²) in [6, 6.07) is 5.94. The molecule has 0 amide bonds. The van der Waals surface area contributed by atoms with Gasteiger partial charge >= 0.3 is 0 Å². The number of fused-ring (bicyclic) bond motifs is 1. The molecule has 2 aromatic rings. The lowest BCUT2D eigenvalue weighted by Crippen LogP contribution is -2.04. The Morgan fingerprint density at radius 1 is 1.47 bits per heavy atom. The molecule has 0 spiro atoms. The average Bonchev–Trinajstić information content (AvgIpc) is 3.03. The Bertz CT molecular complexity index is 577. The van der Waals surface area contributed by atoms with Gasteiger partial charge in [0.05, 0.1) is 24.3 Å². The van der Waals surface area contributed by atoms with Gasteiger partial charge in [-0.15, -0.1) is 0 Å². The van der Waals surface area contributed by atoms with Crippen molar-refractivity contribution in [1.29, 1.82) is 0 Å². The summed E-state index contributed by atoms with van der Waals surface area (Å²) in [5, 5.41) is 9.77. The van der Waals surface area contributed by atoms with E-state index in [1.165, 1.54) is 5.56 Å². The van der Waals surface area contributed by atoms with E-state index in [2.05, 4.69) is 16.5 Å². The molecule has 1 aliphatic rings. The van der Waals surface area contributed by atoms with Crippen molar-refractivity contribution in [3.8, 4) is 5.75 Å². The molecule has 100 valence electrons. The monoisotopic (exact) mass is 258 g/mol. The van der Waals surface area contributed by atoms with Crippen LogP contribution in [-0.2, 0) is 19.6 Å². The highest BCUT2D eigenvalue weighted by molar-refractivity contribution is 5.39. The molecule has 1 aromatic carbocycles. The third kappa shape index (κ3) is 2.36. The molecule has 0 radical (unpaired) electrons. The first-order chi connectivity index (χ1) is 9.28. The van der Waals surface area contributed by atoms with Gasteiger partial charge in [0.2, 0.25) is 0 Å². The molecule has 0 saturated carbocycles. The van der Waals surface area contributed by atoms with Crippen LogP contribution in [0.1, 0.15) is 36.3 Å². The first-order valence-electron chi connectivity index (χ1n) is 6.70. The van der Waals surface area contributed by atoms with Gasteiger partial charge < -0.3 is 14.4 Å². The van der Waals surface area contributed by atoms with Crippen LogP contribution in [0.25, 0.3) is 0 Å². The number of aryl methyl sites for hydroxylation is 2. The molecule has 0 bridgehead atoms. The second kappa shape index (κ2) is 5.05. The van der Waals surface area contributed by atoms with E-state index < -0.39 is 0 Å². The fourth-order valence-electron chi connectivity index (χ4n) is 2.57. The Labute approximate surface area is 112 Å². The predicted octanol–water partition coefficient (Wildman–Crippen LogP) is 2.46. The van der Waals surface area contributed by atoms with Crippen molar-refractivity contribution in [2.75, 3.05) is 0 Å². The lowest BCUT2D eigenvalue weighted by molar-refractivity contribution is 0.180. The minimum Gasteiger partial charge on any atom is -0.487 e. The van der Waals surface area contributed by atoms with Crippen LogP contribution in [0, 0.1) is 0 Å². The van der Waals surface area contributed by atoms with Crippen molar-refractivity contribution >= 4 is 0 Å². The molecule has 4 heteroatoms. The minimum atomic E-state index is -0.300. The predicted molar refractivity (Wildman–Crippen MR) is 72.0 cm³/mol. The average molecular weight is 258 g/mol. The molecule has 1 aliphatic carbocycles. The summed E-state index contributed by atoms with van der Waals surface area (Å²) in [6.07, 6.45) is 5.10. The van der Waals surface area contributed by atoms with Crippen molar-refractivity contribution in [2.45, 2.75) is 39.0 Å². The number of hydrogen-bond donors (Lipinski definition) is 1. The second-order valence-corrected chi connectivity index (χ2v) is 4.87. The van der Waals surface area contributed by atoms with E-state index >= 15 is 0 Å². The molecule has 19 heavy (non-hydrogen) atoms. The summed E-state index contributed by atoms with van der Waals surface area (Å²) >= 11 is 0. The number of benzene rings is 1.